The van der Waals surface area contributed by atoms with E-state index >= 15 is 0 Å². The lowest BCUT2D eigenvalue weighted by atomic mass is 10.0. The van der Waals surface area contributed by atoms with Crippen molar-refractivity contribution in [2.24, 2.45) is 5.92 Å². The Labute approximate surface area is 220 Å². The maximum Gasteiger partial charge on any atom is 0.127 e. The third kappa shape index (κ3) is 5.94. The lowest BCUT2D eigenvalue weighted by Gasteiger charge is -2.17. The van der Waals surface area contributed by atoms with E-state index in [1.54, 1.807) is 0 Å². The standard InChI is InChI=1S/C22H26O.C14H10/c1-3-5-9-17(4-2)16-23-22-13-8-12-20-14-18-10-6-7-11-19(18)15-21(20)22;1-2-6-12-10-14-8-4-3-7-13(14)9-11(12)5-1/h6-8,10-15,17H,3-5,9,16H2,1-2H3;1-10H. The second-order valence-electron chi connectivity index (χ2n) is 9.95. The molecule has 0 saturated carbocycles. The molecule has 186 valence electrons. The number of unbranched alkanes of at least 4 members (excludes halogenated alkanes) is 1. The molecule has 0 aliphatic rings. The molecule has 6 rings (SSSR count). The maximum atomic E-state index is 6.22. The Bertz CT molecular complexity index is 1510. The van der Waals surface area contributed by atoms with Gasteiger partial charge in [0.25, 0.3) is 0 Å². The Morgan fingerprint density at radius 2 is 1.00 bits per heavy atom. The summed E-state index contributed by atoms with van der Waals surface area (Å²) in [4.78, 5) is 0. The van der Waals surface area contributed by atoms with Crippen molar-refractivity contribution in [2.45, 2.75) is 39.5 Å². The number of benzene rings is 6. The monoisotopic (exact) mass is 484 g/mol. The molecule has 0 saturated heterocycles. The zero-order valence-electron chi connectivity index (χ0n) is 22.0. The molecule has 0 N–H and O–H groups in total. The van der Waals surface area contributed by atoms with Gasteiger partial charge in [-0.2, -0.15) is 0 Å². The molecule has 0 bridgehead atoms. The van der Waals surface area contributed by atoms with Crippen LogP contribution in [0.2, 0.25) is 0 Å². The highest BCUT2D eigenvalue weighted by Gasteiger charge is 2.09. The number of ether oxygens (including phenoxy) is 1. The highest BCUT2D eigenvalue weighted by Crippen LogP contribution is 2.30. The van der Waals surface area contributed by atoms with Gasteiger partial charge in [0, 0.05) is 5.39 Å². The molecule has 0 heterocycles. The molecule has 37 heavy (non-hydrogen) atoms. The van der Waals surface area contributed by atoms with E-state index in [2.05, 4.69) is 129 Å². The third-order valence-corrected chi connectivity index (χ3v) is 7.34. The quantitative estimate of drug-likeness (QED) is 0.205. The summed E-state index contributed by atoms with van der Waals surface area (Å²) in [5.41, 5.74) is 0. The smallest absolute Gasteiger partial charge is 0.127 e. The second kappa shape index (κ2) is 11.9. The van der Waals surface area contributed by atoms with Crippen molar-refractivity contribution in [3.63, 3.8) is 0 Å². The van der Waals surface area contributed by atoms with Gasteiger partial charge < -0.3 is 4.74 Å². The summed E-state index contributed by atoms with van der Waals surface area (Å²) >= 11 is 0. The summed E-state index contributed by atoms with van der Waals surface area (Å²) in [6, 6.07) is 40.8. The van der Waals surface area contributed by atoms with Crippen molar-refractivity contribution in [1.82, 2.24) is 0 Å². The SMILES string of the molecule is CCCCC(CC)COc1cccc2cc3ccccc3cc12.c1ccc2cc3ccccc3cc2c1. The lowest BCUT2D eigenvalue weighted by molar-refractivity contribution is 0.235. The molecule has 0 aromatic heterocycles. The van der Waals surface area contributed by atoms with E-state index in [1.807, 2.05) is 0 Å². The van der Waals surface area contributed by atoms with Crippen LogP contribution >= 0.6 is 0 Å². The van der Waals surface area contributed by atoms with Crippen LogP contribution in [0.5, 0.6) is 5.75 Å². The number of fused-ring (bicyclic) bond motifs is 4. The van der Waals surface area contributed by atoms with Crippen LogP contribution < -0.4 is 4.74 Å². The Morgan fingerprint density at radius 1 is 0.541 bits per heavy atom. The lowest BCUT2D eigenvalue weighted by Crippen LogP contribution is -2.11. The van der Waals surface area contributed by atoms with E-state index in [0.717, 1.165) is 12.4 Å². The highest BCUT2D eigenvalue weighted by atomic mass is 16.5. The minimum atomic E-state index is 0.658. The summed E-state index contributed by atoms with van der Waals surface area (Å²) in [6.07, 6.45) is 5.01. The summed E-state index contributed by atoms with van der Waals surface area (Å²) in [5.74, 6) is 1.67. The average Bonchev–Trinajstić information content (AvgIpc) is 2.95. The van der Waals surface area contributed by atoms with Crippen molar-refractivity contribution in [2.75, 3.05) is 6.61 Å². The molecule has 0 fully saturated rings. The van der Waals surface area contributed by atoms with Crippen molar-refractivity contribution in [3.05, 3.63) is 115 Å². The average molecular weight is 485 g/mol. The van der Waals surface area contributed by atoms with Crippen molar-refractivity contribution in [1.29, 1.82) is 0 Å². The summed E-state index contributed by atoms with van der Waals surface area (Å²) in [6.45, 7) is 5.34. The van der Waals surface area contributed by atoms with Gasteiger partial charge in [0.2, 0.25) is 0 Å². The molecule has 1 unspecified atom stereocenters. The van der Waals surface area contributed by atoms with Crippen LogP contribution in [0, 0.1) is 5.92 Å². The first-order valence-corrected chi connectivity index (χ1v) is 13.7. The van der Waals surface area contributed by atoms with Gasteiger partial charge in [0.15, 0.2) is 0 Å². The topological polar surface area (TPSA) is 9.23 Å². The fourth-order valence-electron chi connectivity index (χ4n) is 5.05. The van der Waals surface area contributed by atoms with Crippen molar-refractivity contribution < 1.29 is 4.74 Å². The molecule has 0 spiro atoms. The number of hydrogen-bond donors (Lipinski definition) is 0. The van der Waals surface area contributed by atoms with Gasteiger partial charge in [-0.05, 0) is 80.4 Å². The molecule has 0 aliphatic carbocycles. The van der Waals surface area contributed by atoms with E-state index in [0.29, 0.717) is 5.92 Å². The largest absolute Gasteiger partial charge is 0.493 e. The summed E-state index contributed by atoms with van der Waals surface area (Å²) < 4.78 is 6.22. The number of hydrogen-bond acceptors (Lipinski definition) is 1. The van der Waals surface area contributed by atoms with Gasteiger partial charge in [0.1, 0.15) is 5.75 Å². The molecular weight excluding hydrogens is 448 g/mol. The summed E-state index contributed by atoms with van der Waals surface area (Å²) in [7, 11) is 0. The Balaban J connectivity index is 0.000000170. The molecular formula is C36H36O. The predicted octanol–water partition coefficient (Wildman–Crippen LogP) is 10.6. The van der Waals surface area contributed by atoms with Crippen LogP contribution in [0.1, 0.15) is 39.5 Å². The molecule has 1 heteroatoms. The predicted molar refractivity (Wildman–Crippen MR) is 162 cm³/mol. The van der Waals surface area contributed by atoms with E-state index in [9.17, 15) is 0 Å². The van der Waals surface area contributed by atoms with Gasteiger partial charge in [-0.3, -0.25) is 0 Å². The second-order valence-corrected chi connectivity index (χ2v) is 9.95. The van der Waals surface area contributed by atoms with Crippen LogP contribution in [0.3, 0.4) is 0 Å². The highest BCUT2D eigenvalue weighted by molar-refractivity contribution is 6.01. The first-order valence-electron chi connectivity index (χ1n) is 13.7. The van der Waals surface area contributed by atoms with E-state index in [1.165, 1.54) is 68.8 Å². The maximum absolute atomic E-state index is 6.22. The molecule has 1 atom stereocenters. The van der Waals surface area contributed by atoms with E-state index in [4.69, 9.17) is 4.74 Å². The minimum absolute atomic E-state index is 0.658. The fraction of sp³-hybridized carbons (Fsp3) is 0.222. The van der Waals surface area contributed by atoms with Crippen LogP contribution in [0.4, 0.5) is 0 Å². The zero-order valence-corrected chi connectivity index (χ0v) is 22.0. The van der Waals surface area contributed by atoms with Crippen LogP contribution in [0.15, 0.2) is 115 Å². The molecule has 1 nitrogen and oxygen atoms in total. The first kappa shape index (κ1) is 24.8. The molecule has 6 aromatic rings. The van der Waals surface area contributed by atoms with Gasteiger partial charge in [-0.15, -0.1) is 0 Å². The van der Waals surface area contributed by atoms with Gasteiger partial charge in [-0.25, -0.2) is 0 Å². The first-order chi connectivity index (χ1) is 18.2. The summed E-state index contributed by atoms with van der Waals surface area (Å²) in [5, 5.41) is 10.3. The minimum Gasteiger partial charge on any atom is -0.493 e. The van der Waals surface area contributed by atoms with Gasteiger partial charge in [0.05, 0.1) is 6.61 Å². The zero-order chi connectivity index (χ0) is 25.5. The Kier molecular flexibility index (Phi) is 8.01. The normalized spacial score (nSPS) is 11.9. The number of rotatable bonds is 7. The fourth-order valence-corrected chi connectivity index (χ4v) is 5.05. The molecule has 0 aliphatic heterocycles. The van der Waals surface area contributed by atoms with Crippen LogP contribution in [0.25, 0.3) is 43.1 Å². The van der Waals surface area contributed by atoms with Gasteiger partial charge >= 0.3 is 0 Å². The molecule has 0 radical (unpaired) electrons. The van der Waals surface area contributed by atoms with Gasteiger partial charge in [-0.1, -0.05) is 118 Å². The van der Waals surface area contributed by atoms with E-state index in [-0.39, 0.29) is 0 Å². The van der Waals surface area contributed by atoms with Crippen molar-refractivity contribution >= 4 is 43.1 Å². The Hall–Kier alpha value is -3.84. The molecule has 0 amide bonds. The van der Waals surface area contributed by atoms with Crippen molar-refractivity contribution in [3.8, 4) is 5.75 Å². The molecule has 6 aromatic carbocycles. The Morgan fingerprint density at radius 3 is 1.49 bits per heavy atom. The van der Waals surface area contributed by atoms with Crippen LogP contribution in [-0.4, -0.2) is 6.61 Å². The third-order valence-electron chi connectivity index (χ3n) is 7.34. The van der Waals surface area contributed by atoms with Crippen LogP contribution in [-0.2, 0) is 0 Å². The van der Waals surface area contributed by atoms with E-state index < -0.39 is 0 Å².